The van der Waals surface area contributed by atoms with Gasteiger partial charge in [-0.1, -0.05) is 31.4 Å². The van der Waals surface area contributed by atoms with Crippen molar-refractivity contribution in [1.29, 1.82) is 0 Å². The lowest BCUT2D eigenvalue weighted by Gasteiger charge is -2.33. The first-order chi connectivity index (χ1) is 16.1. The molecule has 7 nitrogen and oxygen atoms in total. The number of aromatic nitrogens is 2. The molecule has 172 valence electrons. The molecule has 0 saturated heterocycles. The summed E-state index contributed by atoms with van der Waals surface area (Å²) in [5.74, 6) is -0.592. The molecule has 0 spiro atoms. The van der Waals surface area contributed by atoms with Crippen LogP contribution in [0.3, 0.4) is 0 Å². The maximum absolute atomic E-state index is 13.7. The van der Waals surface area contributed by atoms with Crippen LogP contribution in [0.1, 0.15) is 54.2 Å². The summed E-state index contributed by atoms with van der Waals surface area (Å²) in [6, 6.07) is 11.5. The van der Waals surface area contributed by atoms with Crippen LogP contribution in [-0.4, -0.2) is 33.7 Å². The van der Waals surface area contributed by atoms with E-state index in [-0.39, 0.29) is 17.6 Å². The lowest BCUT2D eigenvalue weighted by atomic mass is 9.94. The Morgan fingerprint density at radius 3 is 2.39 bits per heavy atom. The number of amides is 2. The van der Waals surface area contributed by atoms with E-state index < -0.39 is 17.8 Å². The number of carbonyl (C=O) groups excluding carboxylic acids is 2. The highest BCUT2D eigenvalue weighted by molar-refractivity contribution is 6.99. The van der Waals surface area contributed by atoms with Crippen LogP contribution in [0.5, 0.6) is 5.75 Å². The van der Waals surface area contributed by atoms with Crippen LogP contribution in [0, 0.1) is 5.82 Å². The van der Waals surface area contributed by atoms with Gasteiger partial charge in [0, 0.05) is 11.7 Å². The molecule has 1 aliphatic carbocycles. The Bertz CT molecular complexity index is 1070. The third-order valence-electron chi connectivity index (χ3n) is 5.79. The topological polar surface area (TPSA) is 84.4 Å². The molecule has 9 heteroatoms. The fourth-order valence-corrected chi connectivity index (χ4v) is 4.51. The molecule has 1 aliphatic rings. The van der Waals surface area contributed by atoms with Crippen LogP contribution >= 0.6 is 11.7 Å². The molecule has 1 atom stereocenters. The second kappa shape index (κ2) is 10.5. The standard InChI is InChI=1S/C24H25FN4O3S/c1-32-20-13-11-19(12-14-20)29(24(31)21-15-26-33-28-21)22(16-7-9-17(25)10-8-16)23(30)27-18-5-3-2-4-6-18/h7-15,18,22H,2-6H2,1H3,(H,27,30)/t22-/m1/s1. The number of nitrogens with one attached hydrogen (secondary N) is 1. The Kier molecular flexibility index (Phi) is 7.29. The van der Waals surface area contributed by atoms with Crippen LogP contribution in [-0.2, 0) is 4.79 Å². The Labute approximate surface area is 195 Å². The van der Waals surface area contributed by atoms with Crippen molar-refractivity contribution in [3.8, 4) is 5.75 Å². The van der Waals surface area contributed by atoms with E-state index in [1.807, 2.05) is 0 Å². The van der Waals surface area contributed by atoms with E-state index in [1.165, 1.54) is 35.4 Å². The summed E-state index contributed by atoms with van der Waals surface area (Å²) >= 11 is 0.915. The van der Waals surface area contributed by atoms with Gasteiger partial charge in [-0.05, 0) is 54.8 Å². The van der Waals surface area contributed by atoms with Gasteiger partial charge in [-0.25, -0.2) is 4.39 Å². The normalized spacial score (nSPS) is 15.0. The van der Waals surface area contributed by atoms with Crippen molar-refractivity contribution in [3.05, 3.63) is 71.8 Å². The lowest BCUT2D eigenvalue weighted by Crippen LogP contribution is -2.47. The van der Waals surface area contributed by atoms with Gasteiger partial charge in [-0.2, -0.15) is 8.75 Å². The predicted octanol–water partition coefficient (Wildman–Crippen LogP) is 4.52. The first kappa shape index (κ1) is 22.8. The predicted molar refractivity (Wildman–Crippen MR) is 124 cm³/mol. The van der Waals surface area contributed by atoms with Crippen molar-refractivity contribution in [2.24, 2.45) is 0 Å². The first-order valence-electron chi connectivity index (χ1n) is 10.9. The number of anilines is 1. The average Bonchev–Trinajstić information content (AvgIpc) is 3.39. The number of hydrogen-bond acceptors (Lipinski definition) is 6. The molecule has 1 fully saturated rings. The van der Waals surface area contributed by atoms with E-state index in [9.17, 15) is 14.0 Å². The van der Waals surface area contributed by atoms with Crippen molar-refractivity contribution < 1.29 is 18.7 Å². The van der Waals surface area contributed by atoms with E-state index in [0.717, 1.165) is 43.8 Å². The summed E-state index contributed by atoms with van der Waals surface area (Å²) in [5, 5.41) is 3.12. The van der Waals surface area contributed by atoms with Gasteiger partial charge in [0.1, 0.15) is 17.6 Å². The van der Waals surface area contributed by atoms with Crippen molar-refractivity contribution in [2.75, 3.05) is 12.0 Å². The summed E-state index contributed by atoms with van der Waals surface area (Å²) in [6.07, 6.45) is 6.43. The summed E-state index contributed by atoms with van der Waals surface area (Å²) in [6.45, 7) is 0. The molecule has 1 aromatic heterocycles. The Balaban J connectivity index is 1.77. The molecular formula is C24H25FN4O3S. The van der Waals surface area contributed by atoms with Gasteiger partial charge in [0.15, 0.2) is 5.69 Å². The van der Waals surface area contributed by atoms with Gasteiger partial charge >= 0.3 is 0 Å². The number of benzene rings is 2. The van der Waals surface area contributed by atoms with Gasteiger partial charge in [0.25, 0.3) is 5.91 Å². The van der Waals surface area contributed by atoms with Gasteiger partial charge in [-0.3, -0.25) is 14.5 Å². The molecule has 1 heterocycles. The summed E-state index contributed by atoms with van der Waals surface area (Å²) < 4.78 is 27.0. The highest BCUT2D eigenvalue weighted by Gasteiger charge is 2.35. The number of hydrogen-bond donors (Lipinski definition) is 1. The van der Waals surface area contributed by atoms with E-state index in [0.29, 0.717) is 17.0 Å². The molecule has 3 aromatic rings. The number of halogens is 1. The van der Waals surface area contributed by atoms with Crippen LogP contribution < -0.4 is 15.0 Å². The Hall–Kier alpha value is -3.33. The van der Waals surface area contributed by atoms with Crippen LogP contribution in [0.4, 0.5) is 10.1 Å². The molecule has 4 rings (SSSR count). The van der Waals surface area contributed by atoms with E-state index >= 15 is 0 Å². The van der Waals surface area contributed by atoms with E-state index in [1.54, 1.807) is 31.4 Å². The summed E-state index contributed by atoms with van der Waals surface area (Å²) in [5.41, 5.74) is 1.12. The minimum Gasteiger partial charge on any atom is -0.497 e. The SMILES string of the molecule is COc1ccc(N(C(=O)c2cnsn2)[C@@H](C(=O)NC2CCCCC2)c2ccc(F)cc2)cc1. The van der Waals surface area contributed by atoms with Crippen LogP contribution in [0.25, 0.3) is 0 Å². The molecular weight excluding hydrogens is 443 g/mol. The van der Waals surface area contributed by atoms with Crippen molar-refractivity contribution in [2.45, 2.75) is 44.2 Å². The van der Waals surface area contributed by atoms with E-state index in [4.69, 9.17) is 4.74 Å². The Morgan fingerprint density at radius 2 is 1.79 bits per heavy atom. The molecule has 1 saturated carbocycles. The molecule has 2 amide bonds. The second-order valence-electron chi connectivity index (χ2n) is 7.96. The van der Waals surface area contributed by atoms with Gasteiger partial charge in [0.2, 0.25) is 5.91 Å². The Morgan fingerprint density at radius 1 is 1.09 bits per heavy atom. The molecule has 2 aromatic carbocycles. The first-order valence-corrected chi connectivity index (χ1v) is 11.6. The summed E-state index contributed by atoms with van der Waals surface area (Å²) in [4.78, 5) is 28.6. The number of rotatable bonds is 7. The van der Waals surface area contributed by atoms with Crippen LogP contribution in [0.2, 0.25) is 0 Å². The quantitative estimate of drug-likeness (QED) is 0.551. The summed E-state index contributed by atoms with van der Waals surface area (Å²) in [7, 11) is 1.55. The lowest BCUT2D eigenvalue weighted by molar-refractivity contribution is -0.123. The number of carbonyl (C=O) groups is 2. The van der Waals surface area contributed by atoms with Gasteiger partial charge in [0.05, 0.1) is 25.0 Å². The largest absolute Gasteiger partial charge is 0.497 e. The van der Waals surface area contributed by atoms with E-state index in [2.05, 4.69) is 14.1 Å². The van der Waals surface area contributed by atoms with Crippen molar-refractivity contribution in [1.82, 2.24) is 14.1 Å². The number of ether oxygens (including phenoxy) is 1. The second-order valence-corrected chi connectivity index (χ2v) is 8.52. The molecule has 0 radical (unpaired) electrons. The highest BCUT2D eigenvalue weighted by Crippen LogP contribution is 2.31. The van der Waals surface area contributed by atoms with Gasteiger partial charge < -0.3 is 10.1 Å². The highest BCUT2D eigenvalue weighted by atomic mass is 32.1. The fourth-order valence-electron chi connectivity index (χ4n) is 4.10. The minimum atomic E-state index is -1.02. The third-order valence-corrected chi connectivity index (χ3v) is 6.27. The maximum atomic E-state index is 13.7. The third kappa shape index (κ3) is 5.36. The number of methoxy groups -OCH3 is 1. The molecule has 1 N–H and O–H groups in total. The van der Waals surface area contributed by atoms with Crippen LogP contribution in [0.15, 0.2) is 54.7 Å². The zero-order chi connectivity index (χ0) is 23.2. The maximum Gasteiger partial charge on any atom is 0.280 e. The average molecular weight is 469 g/mol. The zero-order valence-corrected chi connectivity index (χ0v) is 19.1. The monoisotopic (exact) mass is 468 g/mol. The molecule has 0 unspecified atom stereocenters. The molecule has 0 bridgehead atoms. The van der Waals surface area contributed by atoms with Crippen molar-refractivity contribution >= 4 is 29.2 Å². The molecule has 0 aliphatic heterocycles. The fraction of sp³-hybridized carbons (Fsp3) is 0.333. The van der Waals surface area contributed by atoms with Gasteiger partial charge in [-0.15, -0.1) is 0 Å². The smallest absolute Gasteiger partial charge is 0.280 e. The van der Waals surface area contributed by atoms with Crippen molar-refractivity contribution in [3.63, 3.8) is 0 Å². The number of nitrogens with zero attached hydrogens (tertiary/aromatic N) is 3. The molecule has 33 heavy (non-hydrogen) atoms. The minimum absolute atomic E-state index is 0.0444. The zero-order valence-electron chi connectivity index (χ0n) is 18.2.